The van der Waals surface area contributed by atoms with E-state index in [2.05, 4.69) is 16.9 Å². The molecule has 0 atom stereocenters. The van der Waals surface area contributed by atoms with Crippen molar-refractivity contribution in [2.45, 2.75) is 13.5 Å². The average molecular weight is 205 g/mol. The maximum atomic E-state index is 11.6. The Kier molecular flexibility index (Phi) is 4.00. The predicted molar refractivity (Wildman–Crippen MR) is 59.3 cm³/mol. The Morgan fingerprint density at radius 3 is 3.00 bits per heavy atom. The average Bonchev–Trinajstić information content (AvgIpc) is 2.26. The molecule has 1 aromatic heterocycles. The SMILES string of the molecule is C=C(C)CNC(=O)c1ccnc(CN)c1. The Morgan fingerprint density at radius 2 is 2.40 bits per heavy atom. The van der Waals surface area contributed by atoms with Gasteiger partial charge in [0.15, 0.2) is 0 Å². The lowest BCUT2D eigenvalue weighted by molar-refractivity contribution is 0.0957. The van der Waals surface area contributed by atoms with Crippen molar-refractivity contribution in [3.8, 4) is 0 Å². The molecule has 0 spiro atoms. The molecule has 1 aromatic rings. The summed E-state index contributed by atoms with van der Waals surface area (Å²) in [5.41, 5.74) is 7.63. The zero-order valence-corrected chi connectivity index (χ0v) is 8.79. The number of hydrogen-bond acceptors (Lipinski definition) is 3. The largest absolute Gasteiger partial charge is 0.348 e. The van der Waals surface area contributed by atoms with Crippen LogP contribution < -0.4 is 11.1 Å². The molecule has 15 heavy (non-hydrogen) atoms. The topological polar surface area (TPSA) is 68.0 Å². The van der Waals surface area contributed by atoms with E-state index in [4.69, 9.17) is 5.73 Å². The molecular weight excluding hydrogens is 190 g/mol. The summed E-state index contributed by atoms with van der Waals surface area (Å²) >= 11 is 0. The van der Waals surface area contributed by atoms with Crippen LogP contribution in [0.4, 0.5) is 0 Å². The quantitative estimate of drug-likeness (QED) is 0.716. The van der Waals surface area contributed by atoms with Crippen molar-refractivity contribution in [3.05, 3.63) is 41.7 Å². The number of pyridine rings is 1. The van der Waals surface area contributed by atoms with E-state index in [1.807, 2.05) is 6.92 Å². The van der Waals surface area contributed by atoms with Crippen molar-refractivity contribution in [3.63, 3.8) is 0 Å². The third-order valence-corrected chi connectivity index (χ3v) is 1.84. The molecule has 3 N–H and O–H groups in total. The van der Waals surface area contributed by atoms with E-state index < -0.39 is 0 Å². The number of amides is 1. The molecule has 0 radical (unpaired) electrons. The lowest BCUT2D eigenvalue weighted by Crippen LogP contribution is -2.25. The highest BCUT2D eigenvalue weighted by atomic mass is 16.1. The summed E-state index contributed by atoms with van der Waals surface area (Å²) in [4.78, 5) is 15.6. The van der Waals surface area contributed by atoms with Crippen LogP contribution in [-0.2, 0) is 6.54 Å². The minimum Gasteiger partial charge on any atom is -0.348 e. The van der Waals surface area contributed by atoms with Gasteiger partial charge in [0.2, 0.25) is 0 Å². The molecule has 1 heterocycles. The van der Waals surface area contributed by atoms with E-state index in [9.17, 15) is 4.79 Å². The molecular formula is C11H15N3O. The third kappa shape index (κ3) is 3.52. The predicted octanol–water partition coefficient (Wildman–Crippen LogP) is 0.846. The molecule has 4 nitrogen and oxygen atoms in total. The maximum absolute atomic E-state index is 11.6. The van der Waals surface area contributed by atoms with E-state index in [0.29, 0.717) is 24.3 Å². The van der Waals surface area contributed by atoms with Crippen LogP contribution in [0.5, 0.6) is 0 Å². The van der Waals surface area contributed by atoms with Crippen LogP contribution in [0, 0.1) is 0 Å². The maximum Gasteiger partial charge on any atom is 0.251 e. The van der Waals surface area contributed by atoms with Gasteiger partial charge in [0.05, 0.1) is 5.69 Å². The molecule has 1 amide bonds. The summed E-state index contributed by atoms with van der Waals surface area (Å²) in [7, 11) is 0. The van der Waals surface area contributed by atoms with Gasteiger partial charge in [0, 0.05) is 24.8 Å². The van der Waals surface area contributed by atoms with Crippen molar-refractivity contribution in [2.24, 2.45) is 5.73 Å². The highest BCUT2D eigenvalue weighted by Gasteiger charge is 2.05. The van der Waals surface area contributed by atoms with E-state index in [1.165, 1.54) is 0 Å². The Balaban J connectivity index is 2.69. The molecule has 0 unspecified atom stereocenters. The highest BCUT2D eigenvalue weighted by Crippen LogP contribution is 2.01. The summed E-state index contributed by atoms with van der Waals surface area (Å²) in [6, 6.07) is 3.35. The molecule has 1 rings (SSSR count). The van der Waals surface area contributed by atoms with Gasteiger partial charge in [-0.15, -0.1) is 0 Å². The minimum absolute atomic E-state index is 0.130. The number of hydrogen-bond donors (Lipinski definition) is 2. The van der Waals surface area contributed by atoms with Crippen LogP contribution in [0.3, 0.4) is 0 Å². The number of carbonyl (C=O) groups is 1. The second kappa shape index (κ2) is 5.26. The first-order valence-electron chi connectivity index (χ1n) is 4.71. The molecule has 0 saturated heterocycles. The number of carbonyl (C=O) groups excluding carboxylic acids is 1. The summed E-state index contributed by atoms with van der Waals surface area (Å²) in [6.45, 7) is 6.39. The second-order valence-electron chi connectivity index (χ2n) is 3.38. The zero-order valence-electron chi connectivity index (χ0n) is 8.79. The number of nitrogens with zero attached hydrogens (tertiary/aromatic N) is 1. The molecule has 0 fully saturated rings. The van der Waals surface area contributed by atoms with Crippen molar-refractivity contribution < 1.29 is 4.79 Å². The number of nitrogens with two attached hydrogens (primary N) is 1. The summed E-state index contributed by atoms with van der Waals surface area (Å²) in [5.74, 6) is -0.130. The van der Waals surface area contributed by atoms with E-state index in [1.54, 1.807) is 18.3 Å². The number of aromatic nitrogens is 1. The number of nitrogens with one attached hydrogen (secondary N) is 1. The molecule has 0 saturated carbocycles. The van der Waals surface area contributed by atoms with Gasteiger partial charge in [0.1, 0.15) is 0 Å². The minimum atomic E-state index is -0.130. The van der Waals surface area contributed by atoms with Crippen molar-refractivity contribution in [2.75, 3.05) is 6.54 Å². The van der Waals surface area contributed by atoms with Gasteiger partial charge in [0.25, 0.3) is 5.91 Å². The molecule has 0 aliphatic heterocycles. The van der Waals surface area contributed by atoms with Gasteiger partial charge in [-0.05, 0) is 19.1 Å². The van der Waals surface area contributed by atoms with E-state index >= 15 is 0 Å². The molecule has 80 valence electrons. The highest BCUT2D eigenvalue weighted by molar-refractivity contribution is 5.94. The first kappa shape index (κ1) is 11.4. The molecule has 4 heteroatoms. The smallest absolute Gasteiger partial charge is 0.251 e. The normalized spacial score (nSPS) is 9.73. The lowest BCUT2D eigenvalue weighted by atomic mass is 10.2. The monoisotopic (exact) mass is 205 g/mol. The van der Waals surface area contributed by atoms with Gasteiger partial charge in [-0.2, -0.15) is 0 Å². The van der Waals surface area contributed by atoms with Gasteiger partial charge >= 0.3 is 0 Å². The van der Waals surface area contributed by atoms with Gasteiger partial charge < -0.3 is 11.1 Å². The van der Waals surface area contributed by atoms with Gasteiger partial charge in [-0.25, -0.2) is 0 Å². The van der Waals surface area contributed by atoms with E-state index in [-0.39, 0.29) is 5.91 Å². The van der Waals surface area contributed by atoms with Crippen molar-refractivity contribution in [1.29, 1.82) is 0 Å². The first-order chi connectivity index (χ1) is 7.13. The molecule has 0 bridgehead atoms. The lowest BCUT2D eigenvalue weighted by Gasteiger charge is -2.05. The van der Waals surface area contributed by atoms with Gasteiger partial charge in [-0.3, -0.25) is 9.78 Å². The summed E-state index contributed by atoms with van der Waals surface area (Å²) in [6.07, 6.45) is 1.58. The summed E-state index contributed by atoms with van der Waals surface area (Å²) in [5, 5.41) is 2.74. The van der Waals surface area contributed by atoms with Crippen molar-refractivity contribution in [1.82, 2.24) is 10.3 Å². The number of rotatable bonds is 4. The van der Waals surface area contributed by atoms with E-state index in [0.717, 1.165) is 5.57 Å². The third-order valence-electron chi connectivity index (χ3n) is 1.84. The zero-order chi connectivity index (χ0) is 11.3. The van der Waals surface area contributed by atoms with Crippen molar-refractivity contribution >= 4 is 5.91 Å². The summed E-state index contributed by atoms with van der Waals surface area (Å²) < 4.78 is 0. The standard InChI is InChI=1S/C11H15N3O/c1-8(2)7-14-11(15)9-3-4-13-10(5-9)6-12/h3-5H,1,6-7,12H2,2H3,(H,14,15). The van der Waals surface area contributed by atoms with Crippen LogP contribution in [-0.4, -0.2) is 17.4 Å². The van der Waals surface area contributed by atoms with Crippen LogP contribution in [0.1, 0.15) is 23.0 Å². The molecule has 0 aromatic carbocycles. The Labute approximate surface area is 89.2 Å². The molecule has 0 aliphatic carbocycles. The molecule has 0 aliphatic rings. The Morgan fingerprint density at radius 1 is 1.67 bits per heavy atom. The fourth-order valence-corrected chi connectivity index (χ4v) is 1.06. The van der Waals surface area contributed by atoms with Crippen LogP contribution >= 0.6 is 0 Å². The Bertz CT molecular complexity index is 374. The van der Waals surface area contributed by atoms with Crippen LogP contribution in [0.2, 0.25) is 0 Å². The fourth-order valence-electron chi connectivity index (χ4n) is 1.06. The van der Waals surface area contributed by atoms with Crippen LogP contribution in [0.15, 0.2) is 30.5 Å². The first-order valence-corrected chi connectivity index (χ1v) is 4.71. The van der Waals surface area contributed by atoms with Crippen LogP contribution in [0.25, 0.3) is 0 Å². The fraction of sp³-hybridized carbons (Fsp3) is 0.273. The van der Waals surface area contributed by atoms with Gasteiger partial charge in [-0.1, -0.05) is 12.2 Å². The Hall–Kier alpha value is -1.68. The second-order valence-corrected chi connectivity index (χ2v) is 3.38.